The number of ether oxygens (including phenoxy) is 2. The number of H-pyrrole nitrogens is 1. The standard InChI is InChI=1S/C14H15NO4/c1-18-10-6-5-7-8(12(10)19-2)3-4-9-11(7)14(17)15-13(9)16/h5-6,15-17H,3-4H2,1-2H3. The van der Waals surface area contributed by atoms with Gasteiger partial charge in [-0.15, -0.1) is 0 Å². The number of rotatable bonds is 2. The Hall–Kier alpha value is -2.30. The second kappa shape index (κ2) is 4.12. The molecule has 0 spiro atoms. The van der Waals surface area contributed by atoms with Crippen LogP contribution in [0.4, 0.5) is 0 Å². The normalized spacial score (nSPS) is 12.7. The molecule has 0 bridgehead atoms. The summed E-state index contributed by atoms with van der Waals surface area (Å²) in [6.07, 6.45) is 1.38. The van der Waals surface area contributed by atoms with Crippen LogP contribution in [0.3, 0.4) is 0 Å². The molecule has 0 saturated carbocycles. The van der Waals surface area contributed by atoms with Gasteiger partial charge in [0.05, 0.1) is 19.8 Å². The van der Waals surface area contributed by atoms with Gasteiger partial charge in [0.15, 0.2) is 23.3 Å². The first-order chi connectivity index (χ1) is 9.17. The number of aromatic nitrogens is 1. The zero-order valence-corrected chi connectivity index (χ0v) is 10.8. The molecular formula is C14H15NO4. The van der Waals surface area contributed by atoms with Crippen LogP contribution >= 0.6 is 0 Å². The lowest BCUT2D eigenvalue weighted by atomic mass is 9.87. The number of aromatic amines is 1. The van der Waals surface area contributed by atoms with E-state index < -0.39 is 0 Å². The van der Waals surface area contributed by atoms with Crippen molar-refractivity contribution in [2.24, 2.45) is 0 Å². The summed E-state index contributed by atoms with van der Waals surface area (Å²) in [4.78, 5) is 2.56. The molecule has 2 aromatic rings. The highest BCUT2D eigenvalue weighted by Crippen LogP contribution is 2.48. The SMILES string of the molecule is COc1ccc2c(c1OC)CCc1c(O)[nH]c(O)c1-2. The van der Waals surface area contributed by atoms with Gasteiger partial charge in [0, 0.05) is 11.1 Å². The summed E-state index contributed by atoms with van der Waals surface area (Å²) in [5.41, 5.74) is 3.26. The van der Waals surface area contributed by atoms with Crippen molar-refractivity contribution < 1.29 is 19.7 Å². The van der Waals surface area contributed by atoms with Gasteiger partial charge in [0.2, 0.25) is 0 Å². The van der Waals surface area contributed by atoms with Gasteiger partial charge in [-0.05, 0) is 30.5 Å². The minimum atomic E-state index is -0.0133. The van der Waals surface area contributed by atoms with Gasteiger partial charge in [-0.2, -0.15) is 0 Å². The molecule has 19 heavy (non-hydrogen) atoms. The molecular weight excluding hydrogens is 246 g/mol. The number of aromatic hydroxyl groups is 2. The highest BCUT2D eigenvalue weighted by Gasteiger charge is 2.28. The summed E-state index contributed by atoms with van der Waals surface area (Å²) in [5, 5.41) is 19.7. The predicted octanol–water partition coefficient (Wildman–Crippen LogP) is 2.21. The summed E-state index contributed by atoms with van der Waals surface area (Å²) in [6, 6.07) is 3.68. The monoisotopic (exact) mass is 261 g/mol. The molecule has 0 atom stereocenters. The molecule has 1 aromatic carbocycles. The first-order valence-electron chi connectivity index (χ1n) is 6.04. The number of hydrogen-bond donors (Lipinski definition) is 3. The van der Waals surface area contributed by atoms with Crippen molar-refractivity contribution >= 4 is 0 Å². The Bertz CT molecular complexity index is 645. The van der Waals surface area contributed by atoms with Crippen LogP contribution in [0.2, 0.25) is 0 Å². The van der Waals surface area contributed by atoms with Crippen molar-refractivity contribution in [3.8, 4) is 34.4 Å². The molecule has 0 saturated heterocycles. The summed E-state index contributed by atoms with van der Waals surface area (Å²) in [7, 11) is 3.19. The molecule has 5 heteroatoms. The first kappa shape index (κ1) is 11.8. The minimum Gasteiger partial charge on any atom is -0.494 e. The van der Waals surface area contributed by atoms with Crippen LogP contribution in [-0.4, -0.2) is 29.4 Å². The van der Waals surface area contributed by atoms with Gasteiger partial charge in [-0.25, -0.2) is 0 Å². The maximum Gasteiger partial charge on any atom is 0.199 e. The smallest absolute Gasteiger partial charge is 0.199 e. The molecule has 0 fully saturated rings. The van der Waals surface area contributed by atoms with Crippen molar-refractivity contribution in [2.45, 2.75) is 12.8 Å². The van der Waals surface area contributed by atoms with Gasteiger partial charge in [-0.3, -0.25) is 4.98 Å². The topological polar surface area (TPSA) is 74.7 Å². The van der Waals surface area contributed by atoms with Crippen LogP contribution in [0.25, 0.3) is 11.1 Å². The van der Waals surface area contributed by atoms with E-state index >= 15 is 0 Å². The van der Waals surface area contributed by atoms with Crippen LogP contribution in [0, 0.1) is 0 Å². The molecule has 3 rings (SSSR count). The average molecular weight is 261 g/mol. The fourth-order valence-corrected chi connectivity index (χ4v) is 2.77. The molecule has 1 aliphatic carbocycles. The Balaban J connectivity index is 2.28. The van der Waals surface area contributed by atoms with Gasteiger partial charge < -0.3 is 19.7 Å². The van der Waals surface area contributed by atoms with Crippen molar-refractivity contribution in [2.75, 3.05) is 14.2 Å². The van der Waals surface area contributed by atoms with Gasteiger partial charge >= 0.3 is 0 Å². The number of nitrogens with one attached hydrogen (secondary N) is 1. The average Bonchev–Trinajstić information content (AvgIpc) is 2.72. The van der Waals surface area contributed by atoms with Crippen LogP contribution < -0.4 is 9.47 Å². The number of benzene rings is 1. The van der Waals surface area contributed by atoms with E-state index in [-0.39, 0.29) is 11.8 Å². The third kappa shape index (κ3) is 1.54. The molecule has 0 aliphatic heterocycles. The largest absolute Gasteiger partial charge is 0.494 e. The zero-order valence-electron chi connectivity index (χ0n) is 10.8. The van der Waals surface area contributed by atoms with E-state index in [1.807, 2.05) is 6.07 Å². The molecule has 1 aliphatic rings. The highest BCUT2D eigenvalue weighted by molar-refractivity contribution is 5.82. The molecule has 100 valence electrons. The summed E-state index contributed by atoms with van der Waals surface area (Å²) >= 11 is 0. The second-order valence-corrected chi connectivity index (χ2v) is 4.50. The summed E-state index contributed by atoms with van der Waals surface area (Å²) < 4.78 is 10.7. The Kier molecular flexibility index (Phi) is 2.55. The van der Waals surface area contributed by atoms with Gasteiger partial charge in [-0.1, -0.05) is 0 Å². The van der Waals surface area contributed by atoms with E-state index in [4.69, 9.17) is 9.47 Å². The molecule has 0 amide bonds. The Morgan fingerprint density at radius 1 is 1.00 bits per heavy atom. The van der Waals surface area contributed by atoms with Gasteiger partial charge in [0.1, 0.15) is 0 Å². The molecule has 0 radical (unpaired) electrons. The quantitative estimate of drug-likeness (QED) is 0.774. The Morgan fingerprint density at radius 2 is 1.74 bits per heavy atom. The number of methoxy groups -OCH3 is 2. The summed E-state index contributed by atoms with van der Waals surface area (Å²) in [5.74, 6) is 1.38. The fourth-order valence-electron chi connectivity index (χ4n) is 2.77. The molecule has 0 unspecified atom stereocenters. The van der Waals surface area contributed by atoms with Crippen molar-refractivity contribution in [3.05, 3.63) is 23.3 Å². The van der Waals surface area contributed by atoms with E-state index in [1.165, 1.54) is 0 Å². The van der Waals surface area contributed by atoms with Crippen LogP contribution in [0.5, 0.6) is 23.3 Å². The Morgan fingerprint density at radius 3 is 2.42 bits per heavy atom. The first-order valence-corrected chi connectivity index (χ1v) is 6.04. The zero-order chi connectivity index (χ0) is 13.6. The highest BCUT2D eigenvalue weighted by atomic mass is 16.5. The lowest BCUT2D eigenvalue weighted by Crippen LogP contribution is -2.05. The van der Waals surface area contributed by atoms with Crippen LogP contribution in [0.15, 0.2) is 12.1 Å². The van der Waals surface area contributed by atoms with Crippen LogP contribution in [-0.2, 0) is 12.8 Å². The molecule has 3 N–H and O–H groups in total. The lowest BCUT2D eigenvalue weighted by Gasteiger charge is -2.21. The van der Waals surface area contributed by atoms with Crippen LogP contribution in [0.1, 0.15) is 11.1 Å². The predicted molar refractivity (Wildman–Crippen MR) is 70.1 cm³/mol. The van der Waals surface area contributed by atoms with E-state index in [1.54, 1.807) is 20.3 Å². The number of fused-ring (bicyclic) bond motifs is 3. The van der Waals surface area contributed by atoms with E-state index in [0.29, 0.717) is 23.5 Å². The van der Waals surface area contributed by atoms with Gasteiger partial charge in [0.25, 0.3) is 0 Å². The minimum absolute atomic E-state index is 0.0133. The molecule has 5 nitrogen and oxygen atoms in total. The molecule has 1 heterocycles. The molecule has 1 aromatic heterocycles. The van der Waals surface area contributed by atoms with Crippen molar-refractivity contribution in [3.63, 3.8) is 0 Å². The number of hydrogen-bond acceptors (Lipinski definition) is 4. The lowest BCUT2D eigenvalue weighted by molar-refractivity contribution is 0.351. The fraction of sp³-hybridized carbons (Fsp3) is 0.286. The van der Waals surface area contributed by atoms with E-state index in [9.17, 15) is 10.2 Å². The summed E-state index contributed by atoms with van der Waals surface area (Å²) in [6.45, 7) is 0. The second-order valence-electron chi connectivity index (χ2n) is 4.50. The Labute approximate surface area is 110 Å². The maximum absolute atomic E-state index is 9.93. The maximum atomic E-state index is 9.93. The van der Waals surface area contributed by atoms with Crippen molar-refractivity contribution in [1.82, 2.24) is 4.98 Å². The van der Waals surface area contributed by atoms with E-state index in [2.05, 4.69) is 4.98 Å². The van der Waals surface area contributed by atoms with E-state index in [0.717, 1.165) is 23.1 Å². The van der Waals surface area contributed by atoms with Crippen molar-refractivity contribution in [1.29, 1.82) is 0 Å². The third-order valence-electron chi connectivity index (χ3n) is 3.60. The third-order valence-corrected chi connectivity index (χ3v) is 3.60.